The standard InChI is InChI=1S/C14H21N3O7/c1-22-8-9-24-14(21)16-6-7-23-13(20)12(17-11-19)4-2-3-5-15-10-18/h12H,2-9H2,1H3,(H,16,21). The highest BCUT2D eigenvalue weighted by Crippen LogP contribution is 2.06. The molecule has 0 aliphatic carbocycles. The maximum Gasteiger partial charge on any atom is 0.407 e. The van der Waals surface area contributed by atoms with E-state index in [1.54, 1.807) is 0 Å². The fourth-order valence-corrected chi connectivity index (χ4v) is 1.54. The van der Waals surface area contributed by atoms with E-state index in [4.69, 9.17) is 14.2 Å². The summed E-state index contributed by atoms with van der Waals surface area (Å²) in [5.74, 6) is -0.688. The van der Waals surface area contributed by atoms with Gasteiger partial charge in [0, 0.05) is 7.11 Å². The first-order valence-electron chi connectivity index (χ1n) is 7.32. The molecule has 0 bridgehead atoms. The average molecular weight is 343 g/mol. The van der Waals surface area contributed by atoms with E-state index >= 15 is 0 Å². The molecule has 1 unspecified atom stereocenters. The molecule has 0 radical (unpaired) electrons. The Hall–Kier alpha value is -2.54. The molecule has 1 N–H and O–H groups in total. The van der Waals surface area contributed by atoms with Crippen molar-refractivity contribution < 1.29 is 33.4 Å². The normalized spacial score (nSPS) is 10.7. The summed E-state index contributed by atoms with van der Waals surface area (Å²) in [4.78, 5) is 50.0. The van der Waals surface area contributed by atoms with Gasteiger partial charge in [-0.2, -0.15) is 4.99 Å². The zero-order chi connectivity index (χ0) is 18.0. The molecule has 0 spiro atoms. The Kier molecular flexibility index (Phi) is 13.7. The molecular formula is C14H21N3O7. The highest BCUT2D eigenvalue weighted by molar-refractivity contribution is 5.77. The Labute approximate surface area is 139 Å². The molecule has 0 fully saturated rings. The maximum atomic E-state index is 11.8. The molecule has 0 aromatic carbocycles. The van der Waals surface area contributed by atoms with Gasteiger partial charge in [0.2, 0.25) is 12.2 Å². The second-order valence-electron chi connectivity index (χ2n) is 4.43. The van der Waals surface area contributed by atoms with Gasteiger partial charge in [-0.05, 0) is 19.3 Å². The number of alkyl carbamates (subject to hydrolysis) is 1. The number of amides is 1. The van der Waals surface area contributed by atoms with E-state index in [2.05, 4.69) is 15.3 Å². The fourth-order valence-electron chi connectivity index (χ4n) is 1.54. The number of nitrogens with one attached hydrogen (secondary N) is 1. The number of carbonyl (C=O) groups excluding carboxylic acids is 4. The second-order valence-corrected chi connectivity index (χ2v) is 4.43. The van der Waals surface area contributed by atoms with E-state index in [0.717, 1.165) is 0 Å². The predicted octanol–water partition coefficient (Wildman–Crippen LogP) is 0.113. The van der Waals surface area contributed by atoms with Crippen LogP contribution in [-0.2, 0) is 28.6 Å². The van der Waals surface area contributed by atoms with Gasteiger partial charge in [-0.25, -0.2) is 24.2 Å². The summed E-state index contributed by atoms with van der Waals surface area (Å²) in [6, 6.07) is -0.962. The molecule has 1 atom stereocenters. The number of hydrogen-bond acceptors (Lipinski definition) is 9. The lowest BCUT2D eigenvalue weighted by molar-refractivity contribution is -0.145. The van der Waals surface area contributed by atoms with Gasteiger partial charge in [-0.3, -0.25) is 0 Å². The van der Waals surface area contributed by atoms with Crippen molar-refractivity contribution in [2.45, 2.75) is 25.3 Å². The van der Waals surface area contributed by atoms with Crippen LogP contribution in [0.3, 0.4) is 0 Å². The van der Waals surface area contributed by atoms with Crippen LogP contribution in [0.15, 0.2) is 9.98 Å². The summed E-state index contributed by atoms with van der Waals surface area (Å²) >= 11 is 0. The Balaban J connectivity index is 3.95. The van der Waals surface area contributed by atoms with Crippen molar-refractivity contribution in [2.24, 2.45) is 9.98 Å². The number of carbonyl (C=O) groups is 2. The minimum Gasteiger partial charge on any atom is -0.462 e. The first-order chi connectivity index (χ1) is 11.7. The third-order valence-corrected chi connectivity index (χ3v) is 2.68. The largest absolute Gasteiger partial charge is 0.462 e. The number of aliphatic imine (C=N–C) groups is 2. The van der Waals surface area contributed by atoms with Gasteiger partial charge in [0.25, 0.3) is 0 Å². The summed E-state index contributed by atoms with van der Waals surface area (Å²) in [5.41, 5.74) is 0. The first-order valence-corrected chi connectivity index (χ1v) is 7.32. The zero-order valence-electron chi connectivity index (χ0n) is 13.5. The van der Waals surface area contributed by atoms with Crippen LogP contribution in [0.25, 0.3) is 0 Å². The van der Waals surface area contributed by atoms with Crippen LogP contribution in [-0.4, -0.2) is 70.3 Å². The zero-order valence-corrected chi connectivity index (χ0v) is 13.5. The van der Waals surface area contributed by atoms with Crippen LogP contribution >= 0.6 is 0 Å². The molecule has 0 saturated carbocycles. The highest BCUT2D eigenvalue weighted by Gasteiger charge is 2.18. The van der Waals surface area contributed by atoms with Crippen molar-refractivity contribution in [3.8, 4) is 0 Å². The Morgan fingerprint density at radius 1 is 1.08 bits per heavy atom. The topological polar surface area (TPSA) is 133 Å². The molecule has 0 aromatic rings. The number of isocyanates is 2. The maximum absolute atomic E-state index is 11.8. The van der Waals surface area contributed by atoms with Gasteiger partial charge >= 0.3 is 12.1 Å². The van der Waals surface area contributed by atoms with Gasteiger partial charge in [-0.1, -0.05) is 0 Å². The lowest BCUT2D eigenvalue weighted by atomic mass is 10.1. The molecule has 134 valence electrons. The Bertz CT molecular complexity index is 471. The number of rotatable bonds is 13. The summed E-state index contributed by atoms with van der Waals surface area (Å²) in [5, 5.41) is 2.38. The third kappa shape index (κ3) is 12.0. The smallest absolute Gasteiger partial charge is 0.407 e. The fraction of sp³-hybridized carbons (Fsp3) is 0.714. The van der Waals surface area contributed by atoms with Gasteiger partial charge in [0.15, 0.2) is 6.04 Å². The Morgan fingerprint density at radius 2 is 1.88 bits per heavy atom. The molecule has 0 rings (SSSR count). The van der Waals surface area contributed by atoms with Crippen LogP contribution in [0.1, 0.15) is 19.3 Å². The third-order valence-electron chi connectivity index (χ3n) is 2.68. The average Bonchev–Trinajstić information content (AvgIpc) is 2.57. The second kappa shape index (κ2) is 15.4. The highest BCUT2D eigenvalue weighted by atomic mass is 16.6. The molecule has 0 aliphatic heterocycles. The Morgan fingerprint density at radius 3 is 2.54 bits per heavy atom. The summed E-state index contributed by atoms with van der Waals surface area (Å²) in [6.07, 6.45) is 3.44. The van der Waals surface area contributed by atoms with Crippen molar-refractivity contribution in [3.63, 3.8) is 0 Å². The van der Waals surface area contributed by atoms with Crippen LogP contribution in [0, 0.1) is 0 Å². The minimum atomic E-state index is -0.962. The van der Waals surface area contributed by atoms with E-state index in [1.165, 1.54) is 19.3 Å². The minimum absolute atomic E-state index is 0.0587. The predicted molar refractivity (Wildman–Crippen MR) is 80.9 cm³/mol. The van der Waals surface area contributed by atoms with Gasteiger partial charge < -0.3 is 19.5 Å². The molecular weight excluding hydrogens is 322 g/mol. The molecule has 1 amide bonds. The SMILES string of the molecule is COCCOC(=O)NCCOC(=O)C(CCCCN=C=O)N=C=O. The van der Waals surface area contributed by atoms with Crippen molar-refractivity contribution >= 4 is 24.2 Å². The molecule has 10 heteroatoms. The molecule has 24 heavy (non-hydrogen) atoms. The molecule has 0 heterocycles. The van der Waals surface area contributed by atoms with Crippen LogP contribution in [0.2, 0.25) is 0 Å². The number of esters is 1. The van der Waals surface area contributed by atoms with Gasteiger partial charge in [-0.15, -0.1) is 0 Å². The first kappa shape index (κ1) is 21.5. The van der Waals surface area contributed by atoms with Crippen LogP contribution in [0.4, 0.5) is 4.79 Å². The van der Waals surface area contributed by atoms with E-state index < -0.39 is 18.1 Å². The van der Waals surface area contributed by atoms with E-state index in [9.17, 15) is 19.2 Å². The lowest BCUT2D eigenvalue weighted by Gasteiger charge is -2.11. The van der Waals surface area contributed by atoms with E-state index in [1.807, 2.05) is 0 Å². The molecule has 0 aromatic heterocycles. The number of methoxy groups -OCH3 is 1. The van der Waals surface area contributed by atoms with Gasteiger partial charge in [0.05, 0.1) is 19.7 Å². The molecule has 0 saturated heterocycles. The van der Waals surface area contributed by atoms with Crippen molar-refractivity contribution in [1.29, 1.82) is 0 Å². The van der Waals surface area contributed by atoms with Gasteiger partial charge in [0.1, 0.15) is 13.2 Å². The van der Waals surface area contributed by atoms with Crippen molar-refractivity contribution in [1.82, 2.24) is 5.32 Å². The van der Waals surface area contributed by atoms with Crippen molar-refractivity contribution in [2.75, 3.05) is 40.0 Å². The summed E-state index contributed by atoms with van der Waals surface area (Å²) < 4.78 is 14.4. The molecule has 0 aliphatic rings. The van der Waals surface area contributed by atoms with Crippen molar-refractivity contribution in [3.05, 3.63) is 0 Å². The van der Waals surface area contributed by atoms with E-state index in [0.29, 0.717) is 19.4 Å². The summed E-state index contributed by atoms with van der Waals surface area (Å²) in [7, 11) is 1.48. The van der Waals surface area contributed by atoms with Crippen LogP contribution < -0.4 is 5.32 Å². The number of unbranched alkanes of at least 4 members (excludes halogenated alkanes) is 1. The summed E-state index contributed by atoms with van der Waals surface area (Å²) in [6.45, 7) is 0.672. The monoisotopic (exact) mass is 343 g/mol. The lowest BCUT2D eigenvalue weighted by Crippen LogP contribution is -2.31. The number of hydrogen-bond donors (Lipinski definition) is 1. The number of ether oxygens (including phenoxy) is 3. The number of nitrogens with zero attached hydrogens (tertiary/aromatic N) is 2. The molecule has 10 nitrogen and oxygen atoms in total. The quantitative estimate of drug-likeness (QED) is 0.217. The van der Waals surface area contributed by atoms with E-state index in [-0.39, 0.29) is 32.8 Å². The van der Waals surface area contributed by atoms with Crippen LogP contribution in [0.5, 0.6) is 0 Å².